The number of ketones is 1. The molecular weight excluding hydrogens is 478 g/mol. The molecule has 1 fully saturated rings. The van der Waals surface area contributed by atoms with Crippen molar-refractivity contribution in [3.05, 3.63) is 83.2 Å². The Kier molecular flexibility index (Phi) is 5.22. The van der Waals surface area contributed by atoms with Crippen LogP contribution in [0.2, 0.25) is 0 Å². The van der Waals surface area contributed by atoms with Crippen LogP contribution in [0.25, 0.3) is 16.0 Å². The van der Waals surface area contributed by atoms with Gasteiger partial charge in [-0.1, -0.05) is 17.4 Å². The molecule has 2 aliphatic rings. The number of nitrogens with zero attached hydrogens (tertiary/aromatic N) is 3. The number of amides is 1. The zero-order chi connectivity index (χ0) is 25.0. The van der Waals surface area contributed by atoms with Crippen LogP contribution in [0.4, 0.5) is 5.13 Å². The first-order chi connectivity index (χ1) is 17.4. The highest BCUT2D eigenvalue weighted by molar-refractivity contribution is 7.22. The van der Waals surface area contributed by atoms with Crippen LogP contribution in [0.15, 0.2) is 66.5 Å². The fourth-order valence-electron chi connectivity index (χ4n) is 4.73. The van der Waals surface area contributed by atoms with Gasteiger partial charge in [0, 0.05) is 24.4 Å². The lowest BCUT2D eigenvalue weighted by Crippen LogP contribution is -2.29. The maximum Gasteiger partial charge on any atom is 0.301 e. The zero-order valence-corrected chi connectivity index (χ0v) is 20.3. The third-order valence-electron chi connectivity index (χ3n) is 6.40. The van der Waals surface area contributed by atoms with Gasteiger partial charge in [0.05, 0.1) is 28.9 Å². The summed E-state index contributed by atoms with van der Waals surface area (Å²) in [5, 5.41) is 11.7. The Hall–Kier alpha value is -4.24. The van der Waals surface area contributed by atoms with Crippen molar-refractivity contribution in [2.75, 3.05) is 12.0 Å². The van der Waals surface area contributed by atoms with Crippen molar-refractivity contribution in [3.63, 3.8) is 0 Å². The highest BCUT2D eigenvalue weighted by Gasteiger charge is 2.48. The number of aromatic nitrogens is 2. The Labute approximate surface area is 210 Å². The molecule has 0 unspecified atom stereocenters. The Morgan fingerprint density at radius 2 is 2.06 bits per heavy atom. The number of fused-ring (bicyclic) bond motifs is 2. The molecule has 0 bridgehead atoms. The topological polar surface area (TPSA) is 102 Å². The molecule has 9 heteroatoms. The van der Waals surface area contributed by atoms with Crippen molar-refractivity contribution in [3.8, 4) is 11.5 Å². The van der Waals surface area contributed by atoms with E-state index in [1.807, 2.05) is 19.1 Å². The molecule has 0 radical (unpaired) electrons. The van der Waals surface area contributed by atoms with Gasteiger partial charge in [-0.15, -0.1) is 0 Å². The van der Waals surface area contributed by atoms with E-state index in [4.69, 9.17) is 9.47 Å². The van der Waals surface area contributed by atoms with Crippen LogP contribution in [0.5, 0.6) is 11.5 Å². The summed E-state index contributed by atoms with van der Waals surface area (Å²) in [6.07, 6.45) is 3.94. The maximum atomic E-state index is 13.4. The Morgan fingerprint density at radius 1 is 1.19 bits per heavy atom. The van der Waals surface area contributed by atoms with Crippen molar-refractivity contribution >= 4 is 44.1 Å². The molecule has 36 heavy (non-hydrogen) atoms. The Bertz CT molecular complexity index is 1560. The van der Waals surface area contributed by atoms with E-state index in [-0.39, 0.29) is 17.4 Å². The van der Waals surface area contributed by atoms with Crippen LogP contribution in [0.3, 0.4) is 0 Å². The summed E-state index contributed by atoms with van der Waals surface area (Å²) >= 11 is 1.27. The number of rotatable bonds is 4. The van der Waals surface area contributed by atoms with Crippen molar-refractivity contribution in [1.29, 1.82) is 0 Å². The number of thiazole rings is 1. The fourth-order valence-corrected chi connectivity index (χ4v) is 5.75. The number of hydrogen-bond donors (Lipinski definition) is 1. The van der Waals surface area contributed by atoms with Gasteiger partial charge in [-0.25, -0.2) is 4.98 Å². The quantitative estimate of drug-likeness (QED) is 0.248. The lowest BCUT2D eigenvalue weighted by Gasteiger charge is -2.22. The average molecular weight is 500 g/mol. The number of carbonyl (C=O) groups is 2. The molecule has 4 aromatic rings. The van der Waals surface area contributed by atoms with E-state index in [0.29, 0.717) is 33.9 Å². The van der Waals surface area contributed by atoms with E-state index >= 15 is 0 Å². The van der Waals surface area contributed by atoms with Crippen LogP contribution in [-0.2, 0) is 16.0 Å². The van der Waals surface area contributed by atoms with Gasteiger partial charge in [0.15, 0.2) is 5.13 Å². The van der Waals surface area contributed by atoms with Crippen molar-refractivity contribution in [1.82, 2.24) is 9.97 Å². The van der Waals surface area contributed by atoms with Crippen LogP contribution in [0, 0.1) is 0 Å². The minimum atomic E-state index is -0.885. The van der Waals surface area contributed by atoms with E-state index in [2.05, 4.69) is 9.97 Å². The van der Waals surface area contributed by atoms with Crippen molar-refractivity contribution in [2.45, 2.75) is 25.5 Å². The predicted octanol–water partition coefficient (Wildman–Crippen LogP) is 4.65. The minimum Gasteiger partial charge on any atom is -0.507 e. The molecule has 0 spiro atoms. The van der Waals surface area contributed by atoms with Gasteiger partial charge in [-0.2, -0.15) is 0 Å². The zero-order valence-electron chi connectivity index (χ0n) is 19.5. The molecule has 8 nitrogen and oxygen atoms in total. The van der Waals surface area contributed by atoms with Crippen LogP contribution < -0.4 is 14.4 Å². The van der Waals surface area contributed by atoms with Crippen LogP contribution >= 0.6 is 11.3 Å². The standard InChI is InChI=1S/C27H21N3O5S/c1-14-10-17-11-15(5-8-20(17)35-14)24(31)22-23(16-4-3-9-28-13-16)30(26(33)25(22)32)27-29-19-7-6-18(34-2)12-21(19)36-27/h3-9,11-14,23,31H,10H2,1-2H3/b24-22+/t14-,23+/m1/s1. The van der Waals surface area contributed by atoms with E-state index in [0.717, 1.165) is 16.0 Å². The first kappa shape index (κ1) is 22.2. The summed E-state index contributed by atoms with van der Waals surface area (Å²) in [6.45, 7) is 1.97. The number of aliphatic hydroxyl groups is 1. The number of methoxy groups -OCH3 is 1. The van der Waals surface area contributed by atoms with E-state index < -0.39 is 17.7 Å². The van der Waals surface area contributed by atoms with Gasteiger partial charge < -0.3 is 14.6 Å². The molecule has 1 amide bonds. The maximum absolute atomic E-state index is 13.4. The number of benzene rings is 2. The van der Waals surface area contributed by atoms with Gasteiger partial charge in [-0.3, -0.25) is 19.5 Å². The van der Waals surface area contributed by atoms with Gasteiger partial charge in [0.2, 0.25) is 0 Å². The molecule has 1 N–H and O–H groups in total. The second-order valence-electron chi connectivity index (χ2n) is 8.74. The minimum absolute atomic E-state index is 0.00301. The molecule has 0 saturated carbocycles. The predicted molar refractivity (Wildman–Crippen MR) is 135 cm³/mol. The first-order valence-electron chi connectivity index (χ1n) is 11.4. The van der Waals surface area contributed by atoms with Gasteiger partial charge in [0.1, 0.15) is 23.4 Å². The molecule has 4 heterocycles. The highest BCUT2D eigenvalue weighted by atomic mass is 32.1. The lowest BCUT2D eigenvalue weighted by molar-refractivity contribution is -0.132. The average Bonchev–Trinajstić information content (AvgIpc) is 3.55. The van der Waals surface area contributed by atoms with E-state index in [1.165, 1.54) is 16.2 Å². The van der Waals surface area contributed by atoms with Gasteiger partial charge in [-0.05, 0) is 60.5 Å². The van der Waals surface area contributed by atoms with Crippen LogP contribution in [-0.4, -0.2) is 40.0 Å². The number of carbonyl (C=O) groups excluding carboxylic acids is 2. The molecule has 180 valence electrons. The molecule has 1 saturated heterocycles. The summed E-state index contributed by atoms with van der Waals surface area (Å²) in [7, 11) is 1.58. The smallest absolute Gasteiger partial charge is 0.301 e. The number of ether oxygens (including phenoxy) is 2. The number of aliphatic hydroxyl groups excluding tert-OH is 1. The number of hydrogen-bond acceptors (Lipinski definition) is 8. The largest absolute Gasteiger partial charge is 0.507 e. The molecule has 2 aromatic heterocycles. The van der Waals surface area contributed by atoms with Gasteiger partial charge >= 0.3 is 5.91 Å². The SMILES string of the molecule is COc1ccc2nc(N3C(=O)C(=O)/C(=C(/O)c4ccc5c(c4)C[C@@H](C)O5)[C@@H]3c3cccnc3)sc2c1. The molecule has 0 aliphatic carbocycles. The summed E-state index contributed by atoms with van der Waals surface area (Å²) < 4.78 is 11.9. The molecule has 2 atom stereocenters. The summed E-state index contributed by atoms with van der Waals surface area (Å²) in [6, 6.07) is 13.3. The summed E-state index contributed by atoms with van der Waals surface area (Å²) in [5.41, 5.74) is 2.66. The summed E-state index contributed by atoms with van der Waals surface area (Å²) in [4.78, 5) is 37.0. The molecule has 2 aliphatic heterocycles. The lowest BCUT2D eigenvalue weighted by atomic mass is 9.95. The van der Waals surface area contributed by atoms with Crippen LogP contribution in [0.1, 0.15) is 29.7 Å². The third-order valence-corrected chi connectivity index (χ3v) is 7.42. The highest BCUT2D eigenvalue weighted by Crippen LogP contribution is 2.45. The number of pyridine rings is 1. The summed E-state index contributed by atoms with van der Waals surface area (Å²) in [5.74, 6) is -0.348. The van der Waals surface area contributed by atoms with Gasteiger partial charge in [0.25, 0.3) is 5.78 Å². The Balaban J connectivity index is 1.52. The third kappa shape index (κ3) is 3.51. The normalized spacial score (nSPS) is 20.6. The molecule has 6 rings (SSSR count). The monoisotopic (exact) mass is 499 g/mol. The number of anilines is 1. The second-order valence-corrected chi connectivity index (χ2v) is 9.75. The first-order valence-corrected chi connectivity index (χ1v) is 12.2. The van der Waals surface area contributed by atoms with Crippen molar-refractivity contribution in [2.24, 2.45) is 0 Å². The Morgan fingerprint density at radius 3 is 2.83 bits per heavy atom. The van der Waals surface area contributed by atoms with E-state index in [9.17, 15) is 14.7 Å². The second kappa shape index (κ2) is 8.46. The molecule has 2 aromatic carbocycles. The fraction of sp³-hybridized carbons (Fsp3) is 0.185. The molecular formula is C27H21N3O5S. The van der Waals surface area contributed by atoms with Crippen molar-refractivity contribution < 1.29 is 24.2 Å². The number of Topliss-reactive ketones (excluding diaryl/α,β-unsaturated/α-hetero) is 1. The van der Waals surface area contributed by atoms with E-state index in [1.54, 1.807) is 55.9 Å².